The lowest BCUT2D eigenvalue weighted by Crippen LogP contribution is -2.32. The molecule has 1 aliphatic carbocycles. The zero-order chi connectivity index (χ0) is 13.4. The maximum atomic E-state index is 6.43. The number of hydrogen-bond donors (Lipinski definition) is 1. The fraction of sp³-hybridized carbons (Fsp3) is 0.667. The van der Waals surface area contributed by atoms with Crippen LogP contribution in [0.3, 0.4) is 0 Å². The Morgan fingerprint density at radius 1 is 1.47 bits per heavy atom. The molecule has 0 aromatic carbocycles. The molecule has 2 atom stereocenters. The van der Waals surface area contributed by atoms with Gasteiger partial charge in [-0.3, -0.25) is 0 Å². The average molecular weight is 280 g/mol. The van der Waals surface area contributed by atoms with Gasteiger partial charge < -0.3 is 10.2 Å². The van der Waals surface area contributed by atoms with Crippen LogP contribution < -0.4 is 10.2 Å². The van der Waals surface area contributed by atoms with Gasteiger partial charge in [0.05, 0.1) is 5.02 Å². The van der Waals surface area contributed by atoms with Crippen LogP contribution in [0.5, 0.6) is 0 Å². The van der Waals surface area contributed by atoms with E-state index in [1.165, 1.54) is 19.3 Å². The van der Waals surface area contributed by atoms with E-state index in [2.05, 4.69) is 35.1 Å². The number of nitrogens with one attached hydrogen (secondary N) is 1. The Morgan fingerprint density at radius 3 is 2.89 bits per heavy atom. The van der Waals surface area contributed by atoms with Crippen molar-refractivity contribution in [2.45, 2.75) is 51.7 Å². The molecule has 104 valence electrons. The van der Waals surface area contributed by atoms with E-state index >= 15 is 0 Å². The third kappa shape index (κ3) is 2.72. The van der Waals surface area contributed by atoms with Crippen LogP contribution in [0.2, 0.25) is 5.02 Å². The van der Waals surface area contributed by atoms with Crippen LogP contribution in [-0.4, -0.2) is 23.6 Å². The molecule has 2 bridgehead atoms. The number of pyridine rings is 1. The Balaban J connectivity index is 1.73. The summed E-state index contributed by atoms with van der Waals surface area (Å²) >= 11 is 6.43. The number of anilines is 1. The number of rotatable bonds is 4. The predicted octanol–water partition coefficient (Wildman–Crippen LogP) is 3.22. The van der Waals surface area contributed by atoms with Crippen molar-refractivity contribution in [1.82, 2.24) is 10.3 Å². The number of aromatic nitrogens is 1. The summed E-state index contributed by atoms with van der Waals surface area (Å²) in [5, 5.41) is 4.19. The van der Waals surface area contributed by atoms with Gasteiger partial charge in [-0.05, 0) is 36.8 Å². The van der Waals surface area contributed by atoms with Crippen LogP contribution in [0, 0.1) is 5.92 Å². The van der Waals surface area contributed by atoms with Gasteiger partial charge in [0, 0.05) is 31.4 Å². The topological polar surface area (TPSA) is 28.2 Å². The second kappa shape index (κ2) is 5.29. The molecule has 19 heavy (non-hydrogen) atoms. The lowest BCUT2D eigenvalue weighted by Gasteiger charge is -2.28. The van der Waals surface area contributed by atoms with Crippen molar-refractivity contribution in [2.24, 2.45) is 5.92 Å². The van der Waals surface area contributed by atoms with E-state index in [9.17, 15) is 0 Å². The minimum Gasteiger partial charge on any atom is -0.352 e. The molecule has 3 rings (SSSR count). The molecule has 0 radical (unpaired) electrons. The van der Waals surface area contributed by atoms with Gasteiger partial charge in [0.25, 0.3) is 0 Å². The molecule has 1 aliphatic heterocycles. The van der Waals surface area contributed by atoms with Crippen molar-refractivity contribution >= 4 is 17.4 Å². The highest BCUT2D eigenvalue weighted by atomic mass is 35.5. The third-order valence-corrected chi connectivity index (χ3v) is 4.55. The summed E-state index contributed by atoms with van der Waals surface area (Å²) in [7, 11) is 0. The van der Waals surface area contributed by atoms with Gasteiger partial charge in [0.15, 0.2) is 0 Å². The van der Waals surface area contributed by atoms with Crippen LogP contribution in [0.1, 0.15) is 38.7 Å². The van der Waals surface area contributed by atoms with Crippen molar-refractivity contribution < 1.29 is 0 Å². The summed E-state index contributed by atoms with van der Waals surface area (Å²) in [6.07, 6.45) is 5.98. The maximum Gasteiger partial charge on any atom is 0.147 e. The highest BCUT2D eigenvalue weighted by Gasteiger charge is 2.39. The molecular formula is C15H22ClN3. The highest BCUT2D eigenvalue weighted by molar-refractivity contribution is 6.33. The molecule has 2 aliphatic rings. The molecular weight excluding hydrogens is 258 g/mol. The van der Waals surface area contributed by atoms with Gasteiger partial charge in [-0.1, -0.05) is 25.4 Å². The maximum absolute atomic E-state index is 6.43. The largest absolute Gasteiger partial charge is 0.352 e. The van der Waals surface area contributed by atoms with Crippen LogP contribution in [0.25, 0.3) is 0 Å². The number of nitrogens with zero attached hydrogens (tertiary/aromatic N) is 2. The van der Waals surface area contributed by atoms with Crippen LogP contribution in [0.4, 0.5) is 5.82 Å². The first-order chi connectivity index (χ1) is 9.13. The lowest BCUT2D eigenvalue weighted by atomic mass is 10.1. The van der Waals surface area contributed by atoms with Crippen molar-refractivity contribution in [2.75, 3.05) is 11.4 Å². The second-order valence-electron chi connectivity index (χ2n) is 6.17. The number of piperidine rings is 1. The van der Waals surface area contributed by atoms with E-state index in [4.69, 9.17) is 11.6 Å². The summed E-state index contributed by atoms with van der Waals surface area (Å²) in [6.45, 7) is 6.26. The van der Waals surface area contributed by atoms with Crippen molar-refractivity contribution in [3.63, 3.8) is 0 Å². The highest BCUT2D eigenvalue weighted by Crippen LogP contribution is 2.41. The smallest absolute Gasteiger partial charge is 0.147 e. The van der Waals surface area contributed by atoms with Crippen LogP contribution in [0.15, 0.2) is 12.3 Å². The number of fused-ring (bicyclic) bond motifs is 2. The Kier molecular flexibility index (Phi) is 3.68. The summed E-state index contributed by atoms with van der Waals surface area (Å²) < 4.78 is 0. The van der Waals surface area contributed by atoms with Crippen LogP contribution in [-0.2, 0) is 6.54 Å². The molecule has 1 aromatic heterocycles. The van der Waals surface area contributed by atoms with Crippen molar-refractivity contribution in [3.8, 4) is 0 Å². The summed E-state index contributed by atoms with van der Waals surface area (Å²) in [4.78, 5) is 7.02. The molecule has 4 heteroatoms. The summed E-state index contributed by atoms with van der Waals surface area (Å²) in [6, 6.07) is 3.22. The van der Waals surface area contributed by atoms with E-state index in [1.807, 2.05) is 6.20 Å². The average Bonchev–Trinajstić information content (AvgIpc) is 2.98. The zero-order valence-corrected chi connectivity index (χ0v) is 12.5. The molecule has 2 fully saturated rings. The first-order valence-electron chi connectivity index (χ1n) is 7.28. The van der Waals surface area contributed by atoms with E-state index < -0.39 is 0 Å². The molecule has 1 saturated heterocycles. The minimum atomic E-state index is 0.479. The molecule has 1 aromatic rings. The SMILES string of the molecule is CC(C)NCc1cnc(N2CC3CCC2C3)c(Cl)c1. The Bertz CT molecular complexity index is 461. The van der Waals surface area contributed by atoms with Crippen molar-refractivity contribution in [3.05, 3.63) is 22.8 Å². The molecule has 2 unspecified atom stereocenters. The van der Waals surface area contributed by atoms with E-state index in [0.717, 1.165) is 35.4 Å². The third-order valence-electron chi connectivity index (χ3n) is 4.27. The quantitative estimate of drug-likeness (QED) is 0.917. The van der Waals surface area contributed by atoms with Crippen LogP contribution >= 0.6 is 11.6 Å². The molecule has 1 N–H and O–H groups in total. The molecule has 0 amide bonds. The van der Waals surface area contributed by atoms with E-state index in [-0.39, 0.29) is 0 Å². The summed E-state index contributed by atoms with van der Waals surface area (Å²) in [5.41, 5.74) is 1.16. The first-order valence-corrected chi connectivity index (χ1v) is 7.65. The molecule has 0 spiro atoms. The molecule has 2 heterocycles. The van der Waals surface area contributed by atoms with Gasteiger partial charge in [0.1, 0.15) is 5.82 Å². The predicted molar refractivity (Wildman–Crippen MR) is 79.7 cm³/mol. The standard InChI is InChI=1S/C15H22ClN3/c1-10(2)17-7-12-6-14(16)15(18-8-12)19-9-11-3-4-13(19)5-11/h6,8,10-11,13,17H,3-5,7,9H2,1-2H3. The molecule has 3 nitrogen and oxygen atoms in total. The van der Waals surface area contributed by atoms with Gasteiger partial charge in [-0.2, -0.15) is 0 Å². The zero-order valence-electron chi connectivity index (χ0n) is 11.7. The molecule has 1 saturated carbocycles. The number of hydrogen-bond acceptors (Lipinski definition) is 3. The first kappa shape index (κ1) is 13.2. The number of halogens is 1. The van der Waals surface area contributed by atoms with Gasteiger partial charge in [-0.15, -0.1) is 0 Å². The van der Waals surface area contributed by atoms with Gasteiger partial charge in [0.2, 0.25) is 0 Å². The fourth-order valence-electron chi connectivity index (χ4n) is 3.28. The van der Waals surface area contributed by atoms with E-state index in [1.54, 1.807) is 0 Å². The lowest BCUT2D eigenvalue weighted by molar-refractivity contribution is 0.550. The fourth-order valence-corrected chi connectivity index (χ4v) is 3.58. The Labute approximate surface area is 120 Å². The van der Waals surface area contributed by atoms with E-state index in [0.29, 0.717) is 12.1 Å². The monoisotopic (exact) mass is 279 g/mol. The minimum absolute atomic E-state index is 0.479. The Morgan fingerprint density at radius 2 is 2.32 bits per heavy atom. The summed E-state index contributed by atoms with van der Waals surface area (Å²) in [5.74, 6) is 1.85. The van der Waals surface area contributed by atoms with Gasteiger partial charge in [-0.25, -0.2) is 4.98 Å². The normalized spacial score (nSPS) is 25.6. The second-order valence-corrected chi connectivity index (χ2v) is 6.58. The Hall–Kier alpha value is -0.800. The van der Waals surface area contributed by atoms with Crippen molar-refractivity contribution in [1.29, 1.82) is 0 Å². The van der Waals surface area contributed by atoms with Gasteiger partial charge >= 0.3 is 0 Å².